The highest BCUT2D eigenvalue weighted by molar-refractivity contribution is 5.93. The van der Waals surface area contributed by atoms with E-state index in [1.165, 1.54) is 5.56 Å². The summed E-state index contributed by atoms with van der Waals surface area (Å²) in [6.07, 6.45) is 0. The predicted octanol–water partition coefficient (Wildman–Crippen LogP) is 0.606. The van der Waals surface area contributed by atoms with Gasteiger partial charge in [-0.15, -0.1) is 0 Å². The van der Waals surface area contributed by atoms with Crippen molar-refractivity contribution in [2.75, 3.05) is 51.1 Å². The quantitative estimate of drug-likeness (QED) is 0.849. The van der Waals surface area contributed by atoms with Crippen molar-refractivity contribution in [3.05, 3.63) is 29.3 Å². The Balaban J connectivity index is 1.46. The number of carbonyl (C=O) groups is 2. The van der Waals surface area contributed by atoms with Crippen molar-refractivity contribution in [3.63, 3.8) is 0 Å². The Morgan fingerprint density at radius 1 is 1.17 bits per heavy atom. The number of benzene rings is 1. The first-order chi connectivity index (χ1) is 11.5. The van der Waals surface area contributed by atoms with Gasteiger partial charge in [-0.05, 0) is 31.0 Å². The number of hydrogen-bond donors (Lipinski definition) is 2. The molecule has 6 heteroatoms. The molecule has 0 saturated carbocycles. The molecule has 0 atom stereocenters. The Morgan fingerprint density at radius 2 is 1.88 bits per heavy atom. The van der Waals surface area contributed by atoms with Crippen LogP contribution in [0.3, 0.4) is 0 Å². The molecule has 1 aromatic rings. The summed E-state index contributed by atoms with van der Waals surface area (Å²) >= 11 is 0. The number of amides is 2. The van der Waals surface area contributed by atoms with Crippen LogP contribution in [0.25, 0.3) is 0 Å². The fourth-order valence-corrected chi connectivity index (χ4v) is 3.13. The summed E-state index contributed by atoms with van der Waals surface area (Å²) in [5.74, 6) is 0.420. The molecule has 2 saturated heterocycles. The molecule has 24 heavy (non-hydrogen) atoms. The van der Waals surface area contributed by atoms with Crippen LogP contribution in [0.1, 0.15) is 11.1 Å². The average molecular weight is 330 g/mol. The Hall–Kier alpha value is -1.92. The molecule has 130 valence electrons. The standard InChI is InChI=1S/C18H26N4O2/c1-13-4-3-5-16(14(13)2)20-17(23)12-21-6-8-22(9-7-21)18(24)15-10-19-11-15/h3-5,15,19H,6-12H2,1-2H3,(H,20,23). The van der Waals surface area contributed by atoms with Crippen molar-refractivity contribution in [1.82, 2.24) is 15.1 Å². The molecule has 2 aliphatic rings. The summed E-state index contributed by atoms with van der Waals surface area (Å²) in [5, 5.41) is 6.14. The fourth-order valence-electron chi connectivity index (χ4n) is 3.13. The highest BCUT2D eigenvalue weighted by atomic mass is 16.2. The third-order valence-corrected chi connectivity index (χ3v) is 5.06. The molecule has 0 aromatic heterocycles. The van der Waals surface area contributed by atoms with Gasteiger partial charge in [0, 0.05) is 45.0 Å². The van der Waals surface area contributed by atoms with Crippen molar-refractivity contribution in [2.45, 2.75) is 13.8 Å². The van der Waals surface area contributed by atoms with Crippen LogP contribution in [0.5, 0.6) is 0 Å². The number of carbonyl (C=O) groups excluding carboxylic acids is 2. The summed E-state index contributed by atoms with van der Waals surface area (Å²) in [7, 11) is 0. The number of rotatable bonds is 4. The van der Waals surface area contributed by atoms with E-state index >= 15 is 0 Å². The largest absolute Gasteiger partial charge is 0.340 e. The van der Waals surface area contributed by atoms with E-state index in [-0.39, 0.29) is 17.7 Å². The highest BCUT2D eigenvalue weighted by Crippen LogP contribution is 2.18. The van der Waals surface area contributed by atoms with Gasteiger partial charge in [0.05, 0.1) is 12.5 Å². The van der Waals surface area contributed by atoms with Crippen molar-refractivity contribution in [3.8, 4) is 0 Å². The van der Waals surface area contributed by atoms with Gasteiger partial charge in [-0.3, -0.25) is 14.5 Å². The second kappa shape index (κ2) is 7.32. The van der Waals surface area contributed by atoms with E-state index in [4.69, 9.17) is 0 Å². The SMILES string of the molecule is Cc1cccc(NC(=O)CN2CCN(C(=O)C3CNC3)CC2)c1C. The van der Waals surface area contributed by atoms with E-state index in [2.05, 4.69) is 15.5 Å². The second-order valence-corrected chi connectivity index (χ2v) is 6.75. The molecule has 2 amide bonds. The van der Waals surface area contributed by atoms with Crippen LogP contribution in [0.4, 0.5) is 5.69 Å². The van der Waals surface area contributed by atoms with E-state index in [1.54, 1.807) is 0 Å². The summed E-state index contributed by atoms with van der Waals surface area (Å²) in [4.78, 5) is 28.5. The van der Waals surface area contributed by atoms with E-state index in [9.17, 15) is 9.59 Å². The van der Waals surface area contributed by atoms with Crippen LogP contribution in [-0.2, 0) is 9.59 Å². The minimum atomic E-state index is 0.00618. The third-order valence-electron chi connectivity index (χ3n) is 5.06. The Labute approximate surface area is 143 Å². The first kappa shape index (κ1) is 16.9. The van der Waals surface area contributed by atoms with Gasteiger partial charge in [0.25, 0.3) is 0 Å². The maximum Gasteiger partial charge on any atom is 0.238 e. The zero-order chi connectivity index (χ0) is 17.1. The Kier molecular flexibility index (Phi) is 5.16. The van der Waals surface area contributed by atoms with Gasteiger partial charge in [-0.2, -0.15) is 0 Å². The van der Waals surface area contributed by atoms with E-state index in [0.29, 0.717) is 19.6 Å². The molecule has 2 heterocycles. The molecule has 3 rings (SSSR count). The molecule has 6 nitrogen and oxygen atoms in total. The molecular formula is C18H26N4O2. The van der Waals surface area contributed by atoms with Crippen LogP contribution in [0, 0.1) is 19.8 Å². The van der Waals surface area contributed by atoms with E-state index < -0.39 is 0 Å². The molecule has 2 N–H and O–H groups in total. The van der Waals surface area contributed by atoms with Crippen molar-refractivity contribution >= 4 is 17.5 Å². The average Bonchev–Trinajstić information content (AvgIpc) is 2.51. The molecule has 0 aliphatic carbocycles. The first-order valence-corrected chi connectivity index (χ1v) is 8.62. The minimum absolute atomic E-state index is 0.00618. The molecule has 2 aliphatic heterocycles. The number of nitrogens with zero attached hydrogens (tertiary/aromatic N) is 2. The Bertz CT molecular complexity index is 619. The topological polar surface area (TPSA) is 64.7 Å². The molecule has 1 aromatic carbocycles. The normalized spacial score (nSPS) is 19.0. The summed E-state index contributed by atoms with van der Waals surface area (Å²) < 4.78 is 0. The zero-order valence-electron chi connectivity index (χ0n) is 14.5. The van der Waals surface area contributed by atoms with Gasteiger partial charge in [0.1, 0.15) is 0 Å². The monoisotopic (exact) mass is 330 g/mol. The smallest absolute Gasteiger partial charge is 0.238 e. The third kappa shape index (κ3) is 3.76. The molecule has 0 radical (unpaired) electrons. The van der Waals surface area contributed by atoms with Gasteiger partial charge in [0.2, 0.25) is 11.8 Å². The highest BCUT2D eigenvalue weighted by Gasteiger charge is 2.31. The zero-order valence-corrected chi connectivity index (χ0v) is 14.5. The first-order valence-electron chi connectivity index (χ1n) is 8.62. The molecule has 0 unspecified atom stereocenters. The van der Waals surface area contributed by atoms with Gasteiger partial charge in [-0.25, -0.2) is 0 Å². The van der Waals surface area contributed by atoms with Crippen LogP contribution >= 0.6 is 0 Å². The van der Waals surface area contributed by atoms with Crippen LogP contribution in [0.15, 0.2) is 18.2 Å². The predicted molar refractivity (Wildman–Crippen MR) is 93.9 cm³/mol. The Morgan fingerprint density at radius 3 is 2.50 bits per heavy atom. The molecule has 0 spiro atoms. The van der Waals surface area contributed by atoms with Gasteiger partial charge < -0.3 is 15.5 Å². The van der Waals surface area contributed by atoms with Crippen LogP contribution in [-0.4, -0.2) is 67.4 Å². The number of anilines is 1. The number of nitrogens with one attached hydrogen (secondary N) is 2. The maximum atomic E-state index is 12.3. The van der Waals surface area contributed by atoms with Gasteiger partial charge in [0.15, 0.2) is 0 Å². The van der Waals surface area contributed by atoms with Crippen molar-refractivity contribution in [1.29, 1.82) is 0 Å². The lowest BCUT2D eigenvalue weighted by Crippen LogP contribution is -2.57. The van der Waals surface area contributed by atoms with E-state index in [1.807, 2.05) is 36.9 Å². The van der Waals surface area contributed by atoms with Gasteiger partial charge in [-0.1, -0.05) is 12.1 Å². The van der Waals surface area contributed by atoms with E-state index in [0.717, 1.165) is 37.4 Å². The van der Waals surface area contributed by atoms with Crippen LogP contribution < -0.4 is 10.6 Å². The fraction of sp³-hybridized carbons (Fsp3) is 0.556. The van der Waals surface area contributed by atoms with Crippen molar-refractivity contribution < 1.29 is 9.59 Å². The summed E-state index contributed by atoms with van der Waals surface area (Å²) in [6, 6.07) is 5.93. The number of aryl methyl sites for hydroxylation is 1. The van der Waals surface area contributed by atoms with Crippen molar-refractivity contribution in [2.24, 2.45) is 5.92 Å². The number of hydrogen-bond acceptors (Lipinski definition) is 4. The summed E-state index contributed by atoms with van der Waals surface area (Å²) in [6.45, 7) is 8.98. The second-order valence-electron chi connectivity index (χ2n) is 6.75. The van der Waals surface area contributed by atoms with Gasteiger partial charge >= 0.3 is 0 Å². The number of piperazine rings is 1. The maximum absolute atomic E-state index is 12.3. The lowest BCUT2D eigenvalue weighted by atomic mass is 10.0. The van der Waals surface area contributed by atoms with Crippen LogP contribution in [0.2, 0.25) is 0 Å². The molecular weight excluding hydrogens is 304 g/mol. The lowest BCUT2D eigenvalue weighted by molar-refractivity contribution is -0.138. The minimum Gasteiger partial charge on any atom is -0.340 e. The lowest BCUT2D eigenvalue weighted by Gasteiger charge is -2.38. The summed E-state index contributed by atoms with van der Waals surface area (Å²) in [5.41, 5.74) is 3.16. The molecule has 2 fully saturated rings. The molecule has 0 bridgehead atoms.